The second-order valence-corrected chi connectivity index (χ2v) is 5.74. The Kier molecular flexibility index (Phi) is 4.71. The molecule has 0 aliphatic rings. The van der Waals surface area contributed by atoms with E-state index in [9.17, 15) is 4.79 Å². The normalized spacial score (nSPS) is 10.6. The maximum Gasteiger partial charge on any atom is 0.303 e. The lowest BCUT2D eigenvalue weighted by Gasteiger charge is -1.98. The molecule has 0 aliphatic heterocycles. The highest BCUT2D eigenvalue weighted by Crippen LogP contribution is 2.27. The van der Waals surface area contributed by atoms with E-state index in [1.54, 1.807) is 0 Å². The molecule has 100 valence electrons. The van der Waals surface area contributed by atoms with Gasteiger partial charge in [-0.3, -0.25) is 4.79 Å². The fourth-order valence-electron chi connectivity index (χ4n) is 1.54. The molecular weight excluding hydrogens is 380 g/mol. The first-order chi connectivity index (χ1) is 9.04. The van der Waals surface area contributed by atoms with Crippen LogP contribution in [0.1, 0.15) is 18.7 Å². The number of carboxylic acid groups (broad SMARTS) is 1. The van der Waals surface area contributed by atoms with Gasteiger partial charge < -0.3 is 9.52 Å². The topological polar surface area (TPSA) is 76.2 Å². The molecule has 2 aromatic rings. The maximum atomic E-state index is 10.4. The summed E-state index contributed by atoms with van der Waals surface area (Å²) in [5.41, 5.74) is 0.804. The summed E-state index contributed by atoms with van der Waals surface area (Å²) in [6.45, 7) is 0. The van der Waals surface area contributed by atoms with E-state index in [0.29, 0.717) is 24.6 Å². The summed E-state index contributed by atoms with van der Waals surface area (Å²) < 4.78 is 7.31. The summed E-state index contributed by atoms with van der Waals surface area (Å²) in [6.07, 6.45) is 1.05. The molecule has 0 bridgehead atoms. The fraction of sp³-hybridized carbons (Fsp3) is 0.250. The van der Waals surface area contributed by atoms with Crippen molar-refractivity contribution in [1.82, 2.24) is 10.2 Å². The molecule has 1 aromatic carbocycles. The first-order valence-electron chi connectivity index (χ1n) is 5.55. The van der Waals surface area contributed by atoms with Gasteiger partial charge in [-0.25, -0.2) is 0 Å². The van der Waals surface area contributed by atoms with E-state index in [0.717, 1.165) is 14.5 Å². The molecule has 2 rings (SSSR count). The minimum Gasteiger partial charge on any atom is -0.481 e. The van der Waals surface area contributed by atoms with Crippen molar-refractivity contribution >= 4 is 37.8 Å². The molecule has 5 nitrogen and oxygen atoms in total. The molecule has 0 saturated carbocycles. The van der Waals surface area contributed by atoms with Crippen LogP contribution in [-0.4, -0.2) is 21.3 Å². The summed E-state index contributed by atoms with van der Waals surface area (Å²) in [4.78, 5) is 10.4. The largest absolute Gasteiger partial charge is 0.481 e. The second-order valence-electron chi connectivity index (χ2n) is 3.91. The smallest absolute Gasteiger partial charge is 0.303 e. The lowest BCUT2D eigenvalue weighted by Crippen LogP contribution is -1.95. The van der Waals surface area contributed by atoms with Gasteiger partial charge in [0.1, 0.15) is 0 Å². The van der Waals surface area contributed by atoms with E-state index >= 15 is 0 Å². The second kappa shape index (κ2) is 6.29. The number of carbonyl (C=O) groups is 1. The molecule has 1 heterocycles. The third-order valence-corrected chi connectivity index (χ3v) is 3.27. The van der Waals surface area contributed by atoms with Gasteiger partial charge in [-0.1, -0.05) is 31.9 Å². The van der Waals surface area contributed by atoms with Crippen LogP contribution in [0.3, 0.4) is 0 Å². The van der Waals surface area contributed by atoms with Crippen LogP contribution in [0.5, 0.6) is 0 Å². The summed E-state index contributed by atoms with van der Waals surface area (Å²) in [7, 11) is 0. The highest BCUT2D eigenvalue weighted by molar-refractivity contribution is 9.11. The molecule has 0 unspecified atom stereocenters. The average Bonchev–Trinajstić information content (AvgIpc) is 2.76. The number of hydrogen-bond acceptors (Lipinski definition) is 4. The number of benzene rings is 1. The minimum atomic E-state index is -0.823. The van der Waals surface area contributed by atoms with Crippen molar-refractivity contribution in [3.8, 4) is 11.5 Å². The Morgan fingerprint density at radius 2 is 1.89 bits per heavy atom. The van der Waals surface area contributed by atoms with Gasteiger partial charge in [0.15, 0.2) is 0 Å². The summed E-state index contributed by atoms with van der Waals surface area (Å²) in [5.74, 6) is 0.0512. The quantitative estimate of drug-likeness (QED) is 0.844. The number of hydrogen-bond donors (Lipinski definition) is 1. The van der Waals surface area contributed by atoms with E-state index in [2.05, 4.69) is 42.1 Å². The van der Waals surface area contributed by atoms with Crippen molar-refractivity contribution in [1.29, 1.82) is 0 Å². The molecular formula is C12H10Br2N2O3. The monoisotopic (exact) mass is 388 g/mol. The van der Waals surface area contributed by atoms with Crippen LogP contribution in [0.2, 0.25) is 0 Å². The van der Waals surface area contributed by atoms with Crippen molar-refractivity contribution in [2.75, 3.05) is 0 Å². The summed E-state index contributed by atoms with van der Waals surface area (Å²) in [5, 5.41) is 16.4. The highest BCUT2D eigenvalue weighted by atomic mass is 79.9. The number of aliphatic carboxylic acids is 1. The molecule has 0 amide bonds. The third kappa shape index (κ3) is 4.14. The Hall–Kier alpha value is -1.21. The molecule has 0 aliphatic carbocycles. The van der Waals surface area contributed by atoms with Gasteiger partial charge in [0.05, 0.1) is 0 Å². The predicted octanol–water partition coefficient (Wildman–Crippen LogP) is 3.67. The Morgan fingerprint density at radius 1 is 1.21 bits per heavy atom. The SMILES string of the molecule is O=C(O)CCCc1nnc(-c2cc(Br)cc(Br)c2)o1. The molecule has 19 heavy (non-hydrogen) atoms. The van der Waals surface area contributed by atoms with Crippen molar-refractivity contribution in [2.45, 2.75) is 19.3 Å². The van der Waals surface area contributed by atoms with Gasteiger partial charge in [0.25, 0.3) is 0 Å². The number of aryl methyl sites for hydroxylation is 1. The lowest BCUT2D eigenvalue weighted by atomic mass is 10.2. The van der Waals surface area contributed by atoms with Crippen LogP contribution in [0.15, 0.2) is 31.6 Å². The van der Waals surface area contributed by atoms with Gasteiger partial charge in [0.2, 0.25) is 11.8 Å². The van der Waals surface area contributed by atoms with E-state index in [1.165, 1.54) is 0 Å². The van der Waals surface area contributed by atoms with Crippen LogP contribution in [0.4, 0.5) is 0 Å². The maximum absolute atomic E-state index is 10.4. The molecule has 0 radical (unpaired) electrons. The molecule has 1 aromatic heterocycles. The number of carboxylic acids is 1. The molecule has 0 spiro atoms. The molecule has 1 N–H and O–H groups in total. The zero-order valence-electron chi connectivity index (χ0n) is 9.77. The number of rotatable bonds is 5. The third-order valence-electron chi connectivity index (χ3n) is 2.36. The molecule has 0 atom stereocenters. The van der Waals surface area contributed by atoms with E-state index in [-0.39, 0.29) is 6.42 Å². The zero-order valence-corrected chi connectivity index (χ0v) is 12.9. The van der Waals surface area contributed by atoms with Crippen LogP contribution >= 0.6 is 31.9 Å². The molecule has 0 saturated heterocycles. The van der Waals surface area contributed by atoms with E-state index < -0.39 is 5.97 Å². The standard InChI is InChI=1S/C12H10Br2N2O3/c13-8-4-7(5-9(14)6-8)12-16-15-10(19-12)2-1-3-11(17)18/h4-6H,1-3H2,(H,17,18). The van der Waals surface area contributed by atoms with Gasteiger partial charge >= 0.3 is 5.97 Å². The van der Waals surface area contributed by atoms with E-state index in [4.69, 9.17) is 9.52 Å². The van der Waals surface area contributed by atoms with Crippen LogP contribution in [0, 0.1) is 0 Å². The number of halogens is 2. The van der Waals surface area contributed by atoms with Crippen LogP contribution < -0.4 is 0 Å². The highest BCUT2D eigenvalue weighted by Gasteiger charge is 2.10. The van der Waals surface area contributed by atoms with E-state index in [1.807, 2.05) is 18.2 Å². The van der Waals surface area contributed by atoms with Crippen LogP contribution in [0.25, 0.3) is 11.5 Å². The summed E-state index contributed by atoms with van der Waals surface area (Å²) in [6, 6.07) is 5.66. The van der Waals surface area contributed by atoms with Crippen molar-refractivity contribution in [3.63, 3.8) is 0 Å². The summed E-state index contributed by atoms with van der Waals surface area (Å²) >= 11 is 6.78. The Bertz CT molecular complexity index is 578. The average molecular weight is 390 g/mol. The Labute approximate surface area is 126 Å². The molecule has 0 fully saturated rings. The van der Waals surface area contributed by atoms with Crippen molar-refractivity contribution < 1.29 is 14.3 Å². The van der Waals surface area contributed by atoms with Crippen molar-refractivity contribution in [2.24, 2.45) is 0 Å². The van der Waals surface area contributed by atoms with Gasteiger partial charge in [-0.05, 0) is 24.6 Å². The van der Waals surface area contributed by atoms with Crippen LogP contribution in [-0.2, 0) is 11.2 Å². The zero-order chi connectivity index (χ0) is 13.8. The number of nitrogens with zero attached hydrogens (tertiary/aromatic N) is 2. The Morgan fingerprint density at radius 3 is 2.53 bits per heavy atom. The fourth-order valence-corrected chi connectivity index (χ4v) is 2.83. The van der Waals surface area contributed by atoms with Gasteiger partial charge in [-0.2, -0.15) is 0 Å². The molecule has 7 heteroatoms. The van der Waals surface area contributed by atoms with Gasteiger partial charge in [0, 0.05) is 27.4 Å². The minimum absolute atomic E-state index is 0.0974. The first kappa shape index (κ1) is 14.2. The van der Waals surface area contributed by atoms with Crippen molar-refractivity contribution in [3.05, 3.63) is 33.0 Å². The lowest BCUT2D eigenvalue weighted by molar-refractivity contribution is -0.137. The predicted molar refractivity (Wildman–Crippen MR) is 75.7 cm³/mol. The number of aromatic nitrogens is 2. The first-order valence-corrected chi connectivity index (χ1v) is 7.14. The Balaban J connectivity index is 2.09. The van der Waals surface area contributed by atoms with Gasteiger partial charge in [-0.15, -0.1) is 10.2 Å².